The highest BCUT2D eigenvalue weighted by Gasteiger charge is 2.01. The number of fused-ring (bicyclic) bond motifs is 1. The van der Waals surface area contributed by atoms with Crippen molar-refractivity contribution in [3.8, 4) is 5.75 Å². The van der Waals surface area contributed by atoms with Gasteiger partial charge in [0.15, 0.2) is 0 Å². The van der Waals surface area contributed by atoms with Gasteiger partial charge in [-0.25, -0.2) is 4.98 Å². The number of hydrogen-bond acceptors (Lipinski definition) is 4. The van der Waals surface area contributed by atoms with E-state index in [-0.39, 0.29) is 0 Å². The smallest absolute Gasteiger partial charge is 0.225 e. The first-order valence-electron chi connectivity index (χ1n) is 6.38. The van der Waals surface area contributed by atoms with Crippen LogP contribution in [0.2, 0.25) is 0 Å². The van der Waals surface area contributed by atoms with Crippen LogP contribution in [0, 0.1) is 0 Å². The minimum absolute atomic E-state index is 0.528. The van der Waals surface area contributed by atoms with Gasteiger partial charge in [-0.1, -0.05) is 12.1 Å². The molecule has 20 heavy (non-hydrogen) atoms. The maximum Gasteiger partial charge on any atom is 0.225 e. The molecule has 102 valence electrons. The van der Waals surface area contributed by atoms with Crippen molar-refractivity contribution in [3.63, 3.8) is 0 Å². The van der Waals surface area contributed by atoms with Crippen molar-refractivity contribution in [1.82, 2.24) is 4.98 Å². The lowest BCUT2D eigenvalue weighted by atomic mass is 10.2. The van der Waals surface area contributed by atoms with Crippen LogP contribution in [0.15, 0.2) is 53.3 Å². The number of benzene rings is 1. The second-order valence-electron chi connectivity index (χ2n) is 4.50. The molecular weight excluding hydrogens is 254 g/mol. The first-order chi connectivity index (χ1) is 9.85. The first kappa shape index (κ1) is 12.7. The Kier molecular flexibility index (Phi) is 3.65. The number of nitrogens with zero attached hydrogens (tertiary/aromatic N) is 1. The maximum absolute atomic E-state index is 5.69. The average Bonchev–Trinajstić information content (AvgIpc) is 2.95. The summed E-state index contributed by atoms with van der Waals surface area (Å²) in [5, 5.41) is 0.996. The Bertz CT molecular complexity index is 688. The molecule has 0 N–H and O–H groups in total. The minimum Gasteiger partial charge on any atom is -0.497 e. The van der Waals surface area contributed by atoms with Gasteiger partial charge in [0.25, 0.3) is 0 Å². The van der Waals surface area contributed by atoms with Crippen LogP contribution in [-0.4, -0.2) is 12.1 Å². The van der Waals surface area contributed by atoms with E-state index in [0.717, 1.165) is 22.3 Å². The van der Waals surface area contributed by atoms with Crippen LogP contribution in [0.3, 0.4) is 0 Å². The van der Waals surface area contributed by atoms with Crippen LogP contribution in [0.25, 0.3) is 11.1 Å². The zero-order valence-electron chi connectivity index (χ0n) is 11.2. The van der Waals surface area contributed by atoms with E-state index in [9.17, 15) is 0 Å². The third-order valence-corrected chi connectivity index (χ3v) is 3.06. The highest BCUT2D eigenvalue weighted by atomic mass is 16.5. The van der Waals surface area contributed by atoms with E-state index in [1.54, 1.807) is 19.6 Å². The molecule has 0 aliphatic heterocycles. The normalized spacial score (nSPS) is 10.8. The fourth-order valence-corrected chi connectivity index (χ4v) is 1.99. The van der Waals surface area contributed by atoms with Crippen LogP contribution >= 0.6 is 0 Å². The molecule has 2 heterocycles. The summed E-state index contributed by atoms with van der Waals surface area (Å²) >= 11 is 0. The van der Waals surface area contributed by atoms with E-state index in [0.29, 0.717) is 18.9 Å². The van der Waals surface area contributed by atoms with Crippen LogP contribution in [0.4, 0.5) is 0 Å². The molecule has 0 aliphatic rings. The number of methoxy groups -OCH3 is 1. The van der Waals surface area contributed by atoms with Crippen molar-refractivity contribution < 1.29 is 13.9 Å². The van der Waals surface area contributed by atoms with E-state index < -0.39 is 0 Å². The van der Waals surface area contributed by atoms with Gasteiger partial charge in [0.2, 0.25) is 5.71 Å². The van der Waals surface area contributed by atoms with Gasteiger partial charge in [-0.05, 0) is 35.4 Å². The second kappa shape index (κ2) is 5.75. The summed E-state index contributed by atoms with van der Waals surface area (Å²) in [6.07, 6.45) is 3.42. The second-order valence-corrected chi connectivity index (χ2v) is 4.50. The van der Waals surface area contributed by atoms with Crippen molar-refractivity contribution in [3.05, 3.63) is 60.0 Å². The molecule has 0 unspecified atom stereocenters. The third-order valence-electron chi connectivity index (χ3n) is 3.06. The molecule has 4 heteroatoms. The molecule has 0 radical (unpaired) electrons. The fourth-order valence-electron chi connectivity index (χ4n) is 1.99. The van der Waals surface area contributed by atoms with Crippen molar-refractivity contribution in [2.75, 3.05) is 7.11 Å². The fraction of sp³-hybridized carbons (Fsp3) is 0.188. The van der Waals surface area contributed by atoms with Crippen LogP contribution < -0.4 is 4.74 Å². The van der Waals surface area contributed by atoms with E-state index >= 15 is 0 Å². The third kappa shape index (κ3) is 2.81. The first-order valence-corrected chi connectivity index (χ1v) is 6.38. The number of hydrogen-bond donors (Lipinski definition) is 0. The van der Waals surface area contributed by atoms with Gasteiger partial charge in [0.1, 0.15) is 5.75 Å². The maximum atomic E-state index is 5.69. The molecule has 4 nitrogen and oxygen atoms in total. The lowest BCUT2D eigenvalue weighted by Crippen LogP contribution is -1.95. The van der Waals surface area contributed by atoms with Gasteiger partial charge < -0.3 is 13.9 Å². The van der Waals surface area contributed by atoms with Crippen molar-refractivity contribution in [2.45, 2.75) is 13.2 Å². The van der Waals surface area contributed by atoms with E-state index in [1.165, 1.54) is 0 Å². The molecule has 0 spiro atoms. The Hall–Kier alpha value is -2.33. The monoisotopic (exact) mass is 269 g/mol. The molecule has 1 aromatic carbocycles. The summed E-state index contributed by atoms with van der Waals surface area (Å²) in [6, 6.07) is 11.8. The summed E-state index contributed by atoms with van der Waals surface area (Å²) in [5.74, 6) is 0.850. The zero-order valence-corrected chi connectivity index (χ0v) is 11.2. The summed E-state index contributed by atoms with van der Waals surface area (Å²) < 4.78 is 16.0. The van der Waals surface area contributed by atoms with Gasteiger partial charge in [0.05, 0.1) is 26.6 Å². The van der Waals surface area contributed by atoms with E-state index in [4.69, 9.17) is 13.9 Å². The standard InChI is InChI=1S/C16H15NO3/c1-18-15-4-2-12(3-5-15)10-19-11-13-8-14-6-7-20-16(14)17-9-13/h2-9H,10-11H2,1H3. The predicted molar refractivity (Wildman–Crippen MR) is 75.5 cm³/mol. The number of furan rings is 1. The Labute approximate surface area is 117 Å². The summed E-state index contributed by atoms with van der Waals surface area (Å²) in [6.45, 7) is 1.09. The van der Waals surface area contributed by atoms with Gasteiger partial charge in [-0.3, -0.25) is 0 Å². The van der Waals surface area contributed by atoms with Gasteiger partial charge in [-0.15, -0.1) is 0 Å². The van der Waals surface area contributed by atoms with E-state index in [1.807, 2.05) is 36.4 Å². The summed E-state index contributed by atoms with van der Waals surface area (Å²) in [5.41, 5.74) is 2.81. The SMILES string of the molecule is COc1ccc(COCc2cnc3occc3c2)cc1. The molecule has 0 aliphatic carbocycles. The molecule has 0 fully saturated rings. The quantitative estimate of drug-likeness (QED) is 0.710. The Balaban J connectivity index is 1.58. The predicted octanol–water partition coefficient (Wildman–Crippen LogP) is 3.55. The molecule has 0 saturated heterocycles. The molecule has 3 rings (SSSR count). The largest absolute Gasteiger partial charge is 0.497 e. The van der Waals surface area contributed by atoms with Crippen molar-refractivity contribution in [2.24, 2.45) is 0 Å². The topological polar surface area (TPSA) is 44.5 Å². The summed E-state index contributed by atoms with van der Waals surface area (Å²) in [7, 11) is 1.66. The highest BCUT2D eigenvalue weighted by molar-refractivity contribution is 5.73. The molecular formula is C16H15NO3. The van der Waals surface area contributed by atoms with Crippen LogP contribution in [0.5, 0.6) is 5.75 Å². The number of aromatic nitrogens is 1. The summed E-state index contributed by atoms with van der Waals surface area (Å²) in [4.78, 5) is 4.23. The van der Waals surface area contributed by atoms with Crippen LogP contribution in [-0.2, 0) is 18.0 Å². The Morgan fingerprint density at radius 3 is 2.65 bits per heavy atom. The molecule has 2 aromatic heterocycles. The Morgan fingerprint density at radius 1 is 1.05 bits per heavy atom. The number of ether oxygens (including phenoxy) is 2. The zero-order chi connectivity index (χ0) is 13.8. The molecule has 0 atom stereocenters. The lowest BCUT2D eigenvalue weighted by molar-refractivity contribution is 0.107. The highest BCUT2D eigenvalue weighted by Crippen LogP contribution is 2.16. The number of pyridine rings is 1. The number of rotatable bonds is 5. The van der Waals surface area contributed by atoms with Crippen molar-refractivity contribution in [1.29, 1.82) is 0 Å². The van der Waals surface area contributed by atoms with Gasteiger partial charge >= 0.3 is 0 Å². The van der Waals surface area contributed by atoms with E-state index in [2.05, 4.69) is 4.98 Å². The average molecular weight is 269 g/mol. The molecule has 0 saturated carbocycles. The van der Waals surface area contributed by atoms with Crippen molar-refractivity contribution >= 4 is 11.1 Å². The van der Waals surface area contributed by atoms with Crippen LogP contribution in [0.1, 0.15) is 11.1 Å². The Morgan fingerprint density at radius 2 is 1.85 bits per heavy atom. The lowest BCUT2D eigenvalue weighted by Gasteiger charge is -2.05. The molecule has 0 amide bonds. The minimum atomic E-state index is 0.528. The van der Waals surface area contributed by atoms with Gasteiger partial charge in [-0.2, -0.15) is 0 Å². The molecule has 0 bridgehead atoms. The molecule has 3 aromatic rings. The van der Waals surface area contributed by atoms with Gasteiger partial charge in [0, 0.05) is 11.6 Å².